The van der Waals surface area contributed by atoms with Crippen LogP contribution in [0.25, 0.3) is 5.70 Å². The second kappa shape index (κ2) is 7.20. The molecule has 0 amide bonds. The highest BCUT2D eigenvalue weighted by molar-refractivity contribution is 6.15. The molecule has 2 aromatic rings. The highest BCUT2D eigenvalue weighted by Gasteiger charge is 2.36. The molecule has 5 nitrogen and oxygen atoms in total. The molecular weight excluding hydrogens is 379 g/mol. The number of allylic oxidation sites excluding steroid dienone is 2. The van der Waals surface area contributed by atoms with E-state index in [1.54, 1.807) is 19.1 Å². The van der Waals surface area contributed by atoms with Gasteiger partial charge in [-0.1, -0.05) is 17.7 Å². The largest absolute Gasteiger partial charge is 0.418 e. The van der Waals surface area contributed by atoms with Crippen molar-refractivity contribution in [3.63, 3.8) is 0 Å². The zero-order valence-electron chi connectivity index (χ0n) is 15.7. The van der Waals surface area contributed by atoms with E-state index in [1.165, 1.54) is 12.3 Å². The van der Waals surface area contributed by atoms with Crippen molar-refractivity contribution < 1.29 is 13.2 Å². The summed E-state index contributed by atoms with van der Waals surface area (Å²) in [5.41, 5.74) is 2.06. The minimum absolute atomic E-state index is 0.154. The van der Waals surface area contributed by atoms with Gasteiger partial charge in [0.25, 0.3) is 0 Å². The van der Waals surface area contributed by atoms with Crippen LogP contribution < -0.4 is 10.6 Å². The fraction of sp³-hybridized carbons (Fsp3) is 0.190. The Labute approximate surface area is 165 Å². The van der Waals surface area contributed by atoms with Gasteiger partial charge in [0.1, 0.15) is 17.8 Å². The lowest BCUT2D eigenvalue weighted by Crippen LogP contribution is -2.39. The Kier molecular flexibility index (Phi) is 4.70. The summed E-state index contributed by atoms with van der Waals surface area (Å²) in [6, 6.07) is 10.1. The predicted octanol–water partition coefficient (Wildman–Crippen LogP) is 4.55. The number of nitrogens with zero attached hydrogens (tertiary/aromatic N) is 3. The first-order valence-electron chi connectivity index (χ1n) is 8.99. The van der Waals surface area contributed by atoms with Crippen LogP contribution in [0.3, 0.4) is 0 Å². The van der Waals surface area contributed by atoms with Crippen LogP contribution in [0.4, 0.5) is 18.9 Å². The van der Waals surface area contributed by atoms with Crippen LogP contribution in [0.5, 0.6) is 0 Å². The maximum Gasteiger partial charge on any atom is 0.418 e. The van der Waals surface area contributed by atoms with Crippen LogP contribution in [-0.2, 0) is 6.18 Å². The van der Waals surface area contributed by atoms with Crippen molar-refractivity contribution in [3.8, 4) is 0 Å². The van der Waals surface area contributed by atoms with Crippen molar-refractivity contribution in [3.05, 3.63) is 77.1 Å². The van der Waals surface area contributed by atoms with Crippen molar-refractivity contribution in [2.24, 2.45) is 9.98 Å². The average molecular weight is 397 g/mol. The number of hydrogen-bond donors (Lipinski definition) is 2. The fourth-order valence-electron chi connectivity index (χ4n) is 3.16. The predicted molar refractivity (Wildman–Crippen MR) is 108 cm³/mol. The molecule has 1 aromatic heterocycles. The third-order valence-electron chi connectivity index (χ3n) is 4.56. The van der Waals surface area contributed by atoms with Gasteiger partial charge in [0.2, 0.25) is 0 Å². The van der Waals surface area contributed by atoms with Gasteiger partial charge in [-0.25, -0.2) is 9.98 Å². The number of aliphatic imine (C=N–C) groups is 2. The van der Waals surface area contributed by atoms with E-state index >= 15 is 0 Å². The van der Waals surface area contributed by atoms with Crippen molar-refractivity contribution in [1.29, 1.82) is 0 Å². The molecule has 0 fully saturated rings. The Morgan fingerprint density at radius 1 is 1.03 bits per heavy atom. The lowest BCUT2D eigenvalue weighted by molar-refractivity contribution is -0.138. The van der Waals surface area contributed by atoms with E-state index in [-0.39, 0.29) is 11.4 Å². The number of aryl methyl sites for hydroxylation is 1. The second-order valence-electron chi connectivity index (χ2n) is 6.77. The molecule has 1 aromatic carbocycles. The van der Waals surface area contributed by atoms with E-state index in [0.717, 1.165) is 22.9 Å². The molecule has 0 saturated carbocycles. The van der Waals surface area contributed by atoms with Crippen molar-refractivity contribution >= 4 is 23.1 Å². The fourth-order valence-corrected chi connectivity index (χ4v) is 3.16. The number of halogens is 3. The number of alkyl halides is 3. The van der Waals surface area contributed by atoms with Crippen LogP contribution in [0.15, 0.2) is 70.3 Å². The molecular formula is C21H18F3N5. The molecule has 0 aliphatic carbocycles. The molecule has 0 radical (unpaired) electrons. The molecule has 29 heavy (non-hydrogen) atoms. The summed E-state index contributed by atoms with van der Waals surface area (Å²) in [7, 11) is 0. The molecule has 148 valence electrons. The van der Waals surface area contributed by atoms with Gasteiger partial charge in [-0.05, 0) is 50.3 Å². The summed E-state index contributed by atoms with van der Waals surface area (Å²) in [4.78, 5) is 12.8. The van der Waals surface area contributed by atoms with E-state index in [4.69, 9.17) is 0 Å². The molecule has 3 heterocycles. The van der Waals surface area contributed by atoms with Crippen LogP contribution in [0.1, 0.15) is 23.7 Å². The van der Waals surface area contributed by atoms with Gasteiger partial charge >= 0.3 is 6.18 Å². The van der Waals surface area contributed by atoms with Gasteiger partial charge < -0.3 is 10.6 Å². The first-order valence-corrected chi connectivity index (χ1v) is 8.99. The highest BCUT2D eigenvalue weighted by atomic mass is 19.4. The summed E-state index contributed by atoms with van der Waals surface area (Å²) in [6.45, 7) is 3.75. The lowest BCUT2D eigenvalue weighted by atomic mass is 10.0. The number of benzene rings is 1. The minimum atomic E-state index is -4.50. The quantitative estimate of drug-likeness (QED) is 0.782. The molecule has 2 aliphatic rings. The Bertz CT molecular complexity index is 1060. The highest BCUT2D eigenvalue weighted by Crippen LogP contribution is 2.34. The third-order valence-corrected chi connectivity index (χ3v) is 4.56. The number of anilines is 1. The summed E-state index contributed by atoms with van der Waals surface area (Å²) in [5, 5.41) is 6.33. The van der Waals surface area contributed by atoms with Crippen LogP contribution in [-0.4, -0.2) is 22.8 Å². The monoisotopic (exact) mass is 397 g/mol. The van der Waals surface area contributed by atoms with Crippen molar-refractivity contribution in [1.82, 2.24) is 10.3 Å². The van der Waals surface area contributed by atoms with Gasteiger partial charge in [0.05, 0.1) is 17.0 Å². The number of pyridine rings is 1. The number of hydrogen-bond acceptors (Lipinski definition) is 5. The molecule has 4 rings (SSSR count). The maximum atomic E-state index is 13.4. The summed E-state index contributed by atoms with van der Waals surface area (Å²) in [6.07, 6.45) is -0.411. The first-order chi connectivity index (χ1) is 13.8. The Hall–Kier alpha value is -3.42. The SMILES string of the molecule is CC1=NC2NC(c3ncccc3C(F)(F)F)=CC=C2C(Nc2ccc(C)cc2)=N1. The van der Waals surface area contributed by atoms with Crippen LogP contribution in [0, 0.1) is 6.92 Å². The van der Waals surface area contributed by atoms with E-state index in [2.05, 4.69) is 25.6 Å². The minimum Gasteiger partial charge on any atom is -0.358 e. The van der Waals surface area contributed by atoms with E-state index < -0.39 is 17.9 Å². The van der Waals surface area contributed by atoms with Crippen molar-refractivity contribution in [2.75, 3.05) is 5.32 Å². The number of rotatable bonds is 2. The molecule has 2 N–H and O–H groups in total. The molecule has 1 unspecified atom stereocenters. The molecule has 2 aliphatic heterocycles. The number of aromatic nitrogens is 1. The summed E-state index contributed by atoms with van der Waals surface area (Å²) >= 11 is 0. The zero-order valence-corrected chi connectivity index (χ0v) is 15.7. The summed E-state index contributed by atoms with van der Waals surface area (Å²) < 4.78 is 40.1. The van der Waals surface area contributed by atoms with Crippen molar-refractivity contribution in [2.45, 2.75) is 26.2 Å². The normalized spacial score (nSPS) is 18.6. The van der Waals surface area contributed by atoms with Gasteiger partial charge in [-0.2, -0.15) is 13.2 Å². The second-order valence-corrected chi connectivity index (χ2v) is 6.77. The van der Waals surface area contributed by atoms with E-state index in [9.17, 15) is 13.2 Å². The van der Waals surface area contributed by atoms with Crippen LogP contribution >= 0.6 is 0 Å². The zero-order chi connectivity index (χ0) is 20.6. The van der Waals surface area contributed by atoms with Gasteiger partial charge in [-0.15, -0.1) is 0 Å². The van der Waals surface area contributed by atoms with Gasteiger partial charge in [-0.3, -0.25) is 4.98 Å². The van der Waals surface area contributed by atoms with Gasteiger partial charge in [0, 0.05) is 17.5 Å². The Balaban J connectivity index is 1.69. The lowest BCUT2D eigenvalue weighted by Gasteiger charge is -2.29. The number of dihydropyridines is 1. The standard InChI is InChI=1S/C21H18F3N5/c1-12-5-7-14(8-6-12)28-19-15-9-10-17(29-20(15)27-13(2)26-19)18-16(21(22,23)24)4-3-11-25-18/h3-11,20,29H,1-2H3,(H,26,27,28). The first kappa shape index (κ1) is 18.9. The Morgan fingerprint density at radius 2 is 1.79 bits per heavy atom. The molecule has 1 atom stereocenters. The third kappa shape index (κ3) is 3.91. The number of amidine groups is 2. The molecule has 0 bridgehead atoms. The smallest absolute Gasteiger partial charge is 0.358 e. The van der Waals surface area contributed by atoms with Gasteiger partial charge in [0.15, 0.2) is 0 Å². The number of fused-ring (bicyclic) bond motifs is 1. The van der Waals surface area contributed by atoms with E-state index in [1.807, 2.05) is 31.2 Å². The molecule has 0 saturated heterocycles. The average Bonchev–Trinajstić information content (AvgIpc) is 2.68. The van der Waals surface area contributed by atoms with E-state index in [0.29, 0.717) is 11.7 Å². The maximum absolute atomic E-state index is 13.4. The molecule has 0 spiro atoms. The van der Waals surface area contributed by atoms with Crippen LogP contribution in [0.2, 0.25) is 0 Å². The topological polar surface area (TPSA) is 61.7 Å². The Morgan fingerprint density at radius 3 is 2.52 bits per heavy atom. The molecule has 8 heteroatoms. The summed E-state index contributed by atoms with van der Waals surface area (Å²) in [5.74, 6) is 1.12. The number of nitrogens with one attached hydrogen (secondary N) is 2.